The molecule has 0 saturated carbocycles. The maximum atomic E-state index is 12.8. The van der Waals surface area contributed by atoms with Crippen LogP contribution in [-0.4, -0.2) is 46.3 Å². The van der Waals surface area contributed by atoms with E-state index in [0.29, 0.717) is 42.2 Å². The molecule has 30 heavy (non-hydrogen) atoms. The minimum absolute atomic E-state index is 0.0786. The highest BCUT2D eigenvalue weighted by atomic mass is 16.5. The highest BCUT2D eigenvalue weighted by Crippen LogP contribution is 2.21. The number of aryl methyl sites for hydroxylation is 1. The van der Waals surface area contributed by atoms with E-state index < -0.39 is 5.97 Å². The van der Waals surface area contributed by atoms with Crippen molar-refractivity contribution in [3.8, 4) is 0 Å². The number of benzene rings is 1. The summed E-state index contributed by atoms with van der Waals surface area (Å²) in [5.74, 6) is 0.000555. The highest BCUT2D eigenvalue weighted by molar-refractivity contribution is 6.02. The van der Waals surface area contributed by atoms with Crippen LogP contribution in [0.15, 0.2) is 29.1 Å². The van der Waals surface area contributed by atoms with E-state index in [9.17, 15) is 14.4 Å². The molecule has 1 fully saturated rings. The lowest BCUT2D eigenvalue weighted by atomic mass is 9.92. The molecule has 0 aliphatic carbocycles. The molecule has 2 heterocycles. The Balaban J connectivity index is 1.77. The summed E-state index contributed by atoms with van der Waals surface area (Å²) >= 11 is 0. The highest BCUT2D eigenvalue weighted by Gasteiger charge is 2.26. The molecular formula is C23H31N3O4. The van der Waals surface area contributed by atoms with E-state index >= 15 is 0 Å². The fourth-order valence-corrected chi connectivity index (χ4v) is 4.20. The number of aromatic nitrogens is 2. The molecule has 1 aliphatic rings. The van der Waals surface area contributed by atoms with Crippen molar-refractivity contribution in [1.29, 1.82) is 0 Å². The first-order valence-electron chi connectivity index (χ1n) is 10.9. The van der Waals surface area contributed by atoms with Gasteiger partial charge in [0.25, 0.3) is 11.5 Å². The molecule has 162 valence electrons. The number of hydrogen-bond acceptors (Lipinski definition) is 5. The number of esters is 1. The molecule has 7 heteroatoms. The Labute approximate surface area is 177 Å². The van der Waals surface area contributed by atoms with Crippen molar-refractivity contribution < 1.29 is 14.3 Å². The van der Waals surface area contributed by atoms with Crippen molar-refractivity contribution >= 4 is 22.6 Å². The van der Waals surface area contributed by atoms with E-state index in [-0.39, 0.29) is 23.8 Å². The lowest BCUT2D eigenvalue weighted by molar-refractivity contribution is -0.137. The van der Waals surface area contributed by atoms with Crippen LogP contribution < -0.4 is 5.56 Å². The maximum absolute atomic E-state index is 12.8. The van der Waals surface area contributed by atoms with Gasteiger partial charge >= 0.3 is 5.97 Å². The summed E-state index contributed by atoms with van der Waals surface area (Å²) in [7, 11) is 0. The Morgan fingerprint density at radius 3 is 2.43 bits per heavy atom. The van der Waals surface area contributed by atoms with Gasteiger partial charge in [-0.3, -0.25) is 9.59 Å². The van der Waals surface area contributed by atoms with Gasteiger partial charge in [-0.15, -0.1) is 0 Å². The zero-order valence-corrected chi connectivity index (χ0v) is 18.1. The fraction of sp³-hybridized carbons (Fsp3) is 0.565. The summed E-state index contributed by atoms with van der Waals surface area (Å²) in [6, 6.07) is 6.89. The fourth-order valence-electron chi connectivity index (χ4n) is 4.20. The molecule has 3 rings (SSSR count). The quantitative estimate of drug-likeness (QED) is 0.514. The molecule has 2 unspecified atom stereocenters. The average Bonchev–Trinajstić information content (AvgIpc) is 2.73. The zero-order chi connectivity index (χ0) is 21.7. The normalized spacial score (nSPS) is 19.1. The molecule has 1 aromatic carbocycles. The van der Waals surface area contributed by atoms with Gasteiger partial charge in [-0.05, 0) is 30.7 Å². The Hall–Kier alpha value is -2.70. The number of carbonyl (C=O) groups is 2. The summed E-state index contributed by atoms with van der Waals surface area (Å²) < 4.78 is 6.67. The first-order chi connectivity index (χ1) is 14.4. The van der Waals surface area contributed by atoms with Crippen molar-refractivity contribution in [1.82, 2.24) is 14.7 Å². The Kier molecular flexibility index (Phi) is 7.24. The van der Waals surface area contributed by atoms with Crippen molar-refractivity contribution in [2.45, 2.75) is 53.0 Å². The summed E-state index contributed by atoms with van der Waals surface area (Å²) in [4.78, 5) is 39.8. The van der Waals surface area contributed by atoms with Crippen molar-refractivity contribution in [2.75, 3.05) is 19.7 Å². The predicted molar refractivity (Wildman–Crippen MR) is 115 cm³/mol. The zero-order valence-electron chi connectivity index (χ0n) is 18.1. The molecule has 1 amide bonds. The SMILES string of the molecule is CCCCCn1nc(C(=O)OCC(=O)N2CC(C)CC(C)C2)c2ccccc2c1=O. The van der Waals surface area contributed by atoms with E-state index in [1.165, 1.54) is 4.68 Å². The number of unbranched alkanes of at least 4 members (excludes halogenated alkanes) is 2. The van der Waals surface area contributed by atoms with E-state index in [2.05, 4.69) is 25.9 Å². The standard InChI is InChI=1S/C23H31N3O4/c1-4-5-8-11-26-22(28)19-10-7-6-9-18(19)21(24-26)23(29)30-15-20(27)25-13-16(2)12-17(3)14-25/h6-7,9-10,16-17H,4-5,8,11-15H2,1-3H3. The van der Waals surface area contributed by atoms with Crippen LogP contribution >= 0.6 is 0 Å². The van der Waals surface area contributed by atoms with Crippen molar-refractivity contribution in [3.05, 3.63) is 40.3 Å². The smallest absolute Gasteiger partial charge is 0.359 e. The largest absolute Gasteiger partial charge is 0.451 e. The third kappa shape index (κ3) is 5.07. The number of carbonyl (C=O) groups excluding carboxylic acids is 2. The lowest BCUT2D eigenvalue weighted by Gasteiger charge is -2.34. The molecule has 1 aromatic heterocycles. The Bertz CT molecular complexity index is 959. The Morgan fingerprint density at radius 2 is 1.77 bits per heavy atom. The molecule has 0 spiro atoms. The van der Waals surface area contributed by atoms with Crippen LogP contribution in [0.25, 0.3) is 10.8 Å². The van der Waals surface area contributed by atoms with Crippen LogP contribution in [0.4, 0.5) is 0 Å². The minimum atomic E-state index is -0.679. The van der Waals surface area contributed by atoms with Crippen LogP contribution in [0, 0.1) is 11.8 Å². The van der Waals surface area contributed by atoms with E-state index in [4.69, 9.17) is 4.74 Å². The van der Waals surface area contributed by atoms with Crippen molar-refractivity contribution in [2.24, 2.45) is 11.8 Å². The monoisotopic (exact) mass is 413 g/mol. The van der Waals surface area contributed by atoms with Gasteiger partial charge in [-0.2, -0.15) is 5.10 Å². The average molecular weight is 414 g/mol. The molecule has 2 aromatic rings. The van der Waals surface area contributed by atoms with Gasteiger partial charge in [0, 0.05) is 25.0 Å². The van der Waals surface area contributed by atoms with Gasteiger partial charge in [0.15, 0.2) is 12.3 Å². The molecule has 2 atom stereocenters. The minimum Gasteiger partial charge on any atom is -0.451 e. The van der Waals surface area contributed by atoms with E-state index in [0.717, 1.165) is 25.7 Å². The predicted octanol–water partition coefficient (Wildman–Crippen LogP) is 3.25. The summed E-state index contributed by atoms with van der Waals surface area (Å²) in [5.41, 5.74) is -0.138. The van der Waals surface area contributed by atoms with Gasteiger partial charge in [-0.1, -0.05) is 51.8 Å². The van der Waals surface area contributed by atoms with E-state index in [1.807, 2.05) is 0 Å². The number of fused-ring (bicyclic) bond motifs is 1. The number of amides is 1. The summed E-state index contributed by atoms with van der Waals surface area (Å²) in [5, 5.41) is 5.17. The first kappa shape index (κ1) is 22.0. The number of likely N-dealkylation sites (tertiary alicyclic amines) is 1. The maximum Gasteiger partial charge on any atom is 0.359 e. The van der Waals surface area contributed by atoms with Crippen LogP contribution in [0.3, 0.4) is 0 Å². The lowest BCUT2D eigenvalue weighted by Crippen LogP contribution is -2.44. The molecule has 1 saturated heterocycles. The van der Waals surface area contributed by atoms with Crippen LogP contribution in [0.5, 0.6) is 0 Å². The third-order valence-electron chi connectivity index (χ3n) is 5.58. The topological polar surface area (TPSA) is 81.5 Å². The van der Waals surface area contributed by atoms with Gasteiger partial charge in [0.1, 0.15) is 0 Å². The number of ether oxygens (including phenoxy) is 1. The van der Waals surface area contributed by atoms with Gasteiger partial charge < -0.3 is 9.64 Å². The summed E-state index contributed by atoms with van der Waals surface area (Å²) in [6.45, 7) is 7.83. The second kappa shape index (κ2) is 9.87. The number of piperidine rings is 1. The van der Waals surface area contributed by atoms with Crippen molar-refractivity contribution in [3.63, 3.8) is 0 Å². The van der Waals surface area contributed by atoms with E-state index in [1.54, 1.807) is 29.2 Å². The Morgan fingerprint density at radius 1 is 1.10 bits per heavy atom. The molecule has 0 bridgehead atoms. The molecular weight excluding hydrogens is 382 g/mol. The third-order valence-corrected chi connectivity index (χ3v) is 5.58. The van der Waals surface area contributed by atoms with Gasteiger partial charge in [0.05, 0.1) is 5.39 Å². The van der Waals surface area contributed by atoms with Crippen LogP contribution in [-0.2, 0) is 16.1 Å². The molecule has 0 radical (unpaired) electrons. The van der Waals surface area contributed by atoms with Crippen LogP contribution in [0.2, 0.25) is 0 Å². The first-order valence-corrected chi connectivity index (χ1v) is 10.9. The van der Waals surface area contributed by atoms with Crippen LogP contribution in [0.1, 0.15) is 56.9 Å². The number of nitrogens with zero attached hydrogens (tertiary/aromatic N) is 3. The number of hydrogen-bond donors (Lipinski definition) is 0. The molecule has 7 nitrogen and oxygen atoms in total. The van der Waals surface area contributed by atoms with Gasteiger partial charge in [-0.25, -0.2) is 9.48 Å². The van der Waals surface area contributed by atoms with Gasteiger partial charge in [0.2, 0.25) is 0 Å². The second-order valence-corrected chi connectivity index (χ2v) is 8.45. The number of rotatable bonds is 7. The summed E-state index contributed by atoms with van der Waals surface area (Å²) in [6.07, 6.45) is 3.90. The molecule has 0 N–H and O–H groups in total. The molecule has 1 aliphatic heterocycles. The second-order valence-electron chi connectivity index (χ2n) is 8.45.